The molecule has 1 rings (SSSR count). The first-order valence-corrected chi connectivity index (χ1v) is 10.5. The van der Waals surface area contributed by atoms with Crippen molar-refractivity contribution in [1.29, 1.82) is 0 Å². The maximum absolute atomic E-state index is 3.81. The van der Waals surface area contributed by atoms with E-state index in [0.29, 0.717) is 5.92 Å². The predicted octanol–water partition coefficient (Wildman–Crippen LogP) is 3.71. The first-order valence-electron chi connectivity index (χ1n) is 4.71. The van der Waals surface area contributed by atoms with Gasteiger partial charge < -0.3 is 0 Å². The topological polar surface area (TPSA) is 0 Å². The van der Waals surface area contributed by atoms with Crippen molar-refractivity contribution in [3.05, 3.63) is 12.2 Å². The molecule has 1 aliphatic carbocycles. The quantitative estimate of drug-likeness (QED) is 0.525. The average molecular weight is 261 g/mol. The van der Waals surface area contributed by atoms with Crippen LogP contribution in [0.1, 0.15) is 12.8 Å². The first kappa shape index (κ1) is 11.3. The Balaban J connectivity index is 2.30. The van der Waals surface area contributed by atoms with E-state index in [1.807, 2.05) is 6.08 Å². The number of hydrogen-bond donors (Lipinski definition) is 0. The molecule has 0 saturated heterocycles. The monoisotopic (exact) mass is 260 g/mol. The summed E-state index contributed by atoms with van der Waals surface area (Å²) in [5, 5.41) is -1.51. The molecule has 0 heterocycles. The third kappa shape index (κ3) is 7.29. The summed E-state index contributed by atoms with van der Waals surface area (Å²) in [5.74, 6) is 7.04. The second-order valence-corrected chi connectivity index (χ2v) is 19.2. The third-order valence-corrected chi connectivity index (χ3v) is 4.10. The molecule has 2 heteroatoms. The molecular formula is C11H18BrP. The Bertz CT molecular complexity index is 259. The fraction of sp³-hybridized carbons (Fsp3) is 0.636. The number of halogens is 1. The zero-order valence-electron chi connectivity index (χ0n) is 8.68. The Hall–Kier alpha value is 0.210. The van der Waals surface area contributed by atoms with Gasteiger partial charge in [-0.2, -0.15) is 0 Å². The summed E-state index contributed by atoms with van der Waals surface area (Å²) in [7, 11) is 0. The van der Waals surface area contributed by atoms with Crippen LogP contribution >= 0.6 is 20.8 Å². The van der Waals surface area contributed by atoms with Gasteiger partial charge in [-0.15, -0.1) is 0 Å². The normalized spacial score (nSPS) is 20.5. The molecular weight excluding hydrogens is 243 g/mol. The van der Waals surface area contributed by atoms with Crippen LogP contribution in [0.5, 0.6) is 0 Å². The van der Waals surface area contributed by atoms with Crippen molar-refractivity contribution < 1.29 is 0 Å². The molecule has 0 unspecified atom stereocenters. The van der Waals surface area contributed by atoms with E-state index < -0.39 is 5.31 Å². The fourth-order valence-electron chi connectivity index (χ4n) is 0.861. The van der Waals surface area contributed by atoms with Crippen LogP contribution in [0.2, 0.25) is 0 Å². The van der Waals surface area contributed by atoms with Crippen LogP contribution in [0.3, 0.4) is 0 Å². The Morgan fingerprint density at radius 2 is 2.00 bits per heavy atom. The van der Waals surface area contributed by atoms with Gasteiger partial charge in [0.05, 0.1) is 0 Å². The van der Waals surface area contributed by atoms with Crippen molar-refractivity contribution in [2.24, 2.45) is 5.92 Å². The van der Waals surface area contributed by atoms with Crippen LogP contribution in [0.15, 0.2) is 12.2 Å². The summed E-state index contributed by atoms with van der Waals surface area (Å²) >= 11 is 3.81. The van der Waals surface area contributed by atoms with Crippen molar-refractivity contribution >= 4 is 20.8 Å². The van der Waals surface area contributed by atoms with E-state index in [1.54, 1.807) is 0 Å². The molecule has 0 radical (unpaired) electrons. The Labute approximate surface area is 89.8 Å². The minimum atomic E-state index is -1.51. The van der Waals surface area contributed by atoms with Crippen molar-refractivity contribution in [1.82, 2.24) is 0 Å². The van der Waals surface area contributed by atoms with E-state index in [1.165, 1.54) is 12.8 Å². The van der Waals surface area contributed by atoms with Crippen LogP contribution in [0.25, 0.3) is 0 Å². The van der Waals surface area contributed by atoms with E-state index in [9.17, 15) is 0 Å². The molecule has 0 aromatic rings. The van der Waals surface area contributed by atoms with Crippen molar-refractivity contribution in [3.63, 3.8) is 0 Å². The van der Waals surface area contributed by atoms with Crippen molar-refractivity contribution in [2.75, 3.05) is 26.2 Å². The molecule has 74 valence electrons. The second kappa shape index (κ2) is 3.76. The fourth-order valence-corrected chi connectivity index (χ4v) is 2.18. The summed E-state index contributed by atoms with van der Waals surface area (Å²) in [6.07, 6.45) is 7.96. The molecule has 0 spiro atoms. The van der Waals surface area contributed by atoms with Gasteiger partial charge in [-0.3, -0.25) is 0 Å². The second-order valence-electron chi connectivity index (χ2n) is 5.06. The van der Waals surface area contributed by atoms with Gasteiger partial charge >= 0.3 is 89.7 Å². The minimum absolute atomic E-state index is 0.716. The zero-order valence-corrected chi connectivity index (χ0v) is 11.2. The number of allylic oxidation sites excluding steroid dienone is 2. The van der Waals surface area contributed by atoms with Crippen LogP contribution in [0.4, 0.5) is 0 Å². The Kier molecular flexibility index (Phi) is 3.26. The molecule has 1 aliphatic rings. The third-order valence-electron chi connectivity index (χ3n) is 1.79. The van der Waals surface area contributed by atoms with E-state index in [-0.39, 0.29) is 0 Å². The van der Waals surface area contributed by atoms with Crippen LogP contribution in [0, 0.1) is 17.8 Å². The van der Waals surface area contributed by atoms with Gasteiger partial charge in [0.25, 0.3) is 0 Å². The summed E-state index contributed by atoms with van der Waals surface area (Å²) in [4.78, 5) is 0. The summed E-state index contributed by atoms with van der Waals surface area (Å²) in [6, 6.07) is 0. The standard InChI is InChI=1S/C11H18BrP/c1-13(2,3,12)10-6-4-5-7-11-8-9-11/h4,6,11H,8-10H2,1-3H3/b6-4+. The van der Waals surface area contributed by atoms with Gasteiger partial charge in [0, 0.05) is 0 Å². The Morgan fingerprint density at radius 3 is 2.46 bits per heavy atom. The van der Waals surface area contributed by atoms with Gasteiger partial charge in [-0.1, -0.05) is 0 Å². The molecule has 0 aromatic heterocycles. The van der Waals surface area contributed by atoms with Crippen LogP contribution in [-0.2, 0) is 0 Å². The van der Waals surface area contributed by atoms with Crippen molar-refractivity contribution in [3.8, 4) is 11.8 Å². The molecule has 1 fully saturated rings. The van der Waals surface area contributed by atoms with E-state index in [0.717, 1.165) is 6.16 Å². The molecule has 0 amide bonds. The zero-order chi connectivity index (χ0) is 9.97. The summed E-state index contributed by atoms with van der Waals surface area (Å²) in [6.45, 7) is 6.93. The van der Waals surface area contributed by atoms with E-state index >= 15 is 0 Å². The molecule has 0 nitrogen and oxygen atoms in total. The average Bonchev–Trinajstić information content (AvgIpc) is 2.66. The Morgan fingerprint density at radius 1 is 1.38 bits per heavy atom. The number of rotatable bonds is 2. The molecule has 0 aromatic carbocycles. The van der Waals surface area contributed by atoms with Gasteiger partial charge in [0.1, 0.15) is 0 Å². The first-order chi connectivity index (χ1) is 5.83. The SMILES string of the molecule is CP(C)(C)(Br)C/C=C/C#CC1CC1. The summed E-state index contributed by atoms with van der Waals surface area (Å²) < 4.78 is 0. The van der Waals surface area contributed by atoms with Gasteiger partial charge in [-0.05, 0) is 0 Å². The van der Waals surface area contributed by atoms with Gasteiger partial charge in [0.2, 0.25) is 0 Å². The van der Waals surface area contributed by atoms with E-state index in [4.69, 9.17) is 0 Å². The van der Waals surface area contributed by atoms with Crippen LogP contribution < -0.4 is 0 Å². The molecule has 0 aliphatic heterocycles. The predicted molar refractivity (Wildman–Crippen MR) is 68.1 cm³/mol. The van der Waals surface area contributed by atoms with Gasteiger partial charge in [-0.25, -0.2) is 0 Å². The van der Waals surface area contributed by atoms with Gasteiger partial charge in [0.15, 0.2) is 0 Å². The molecule has 0 N–H and O–H groups in total. The van der Waals surface area contributed by atoms with Crippen LogP contribution in [-0.4, -0.2) is 26.2 Å². The van der Waals surface area contributed by atoms with Crippen molar-refractivity contribution in [2.45, 2.75) is 12.8 Å². The molecule has 0 atom stereocenters. The molecule has 1 saturated carbocycles. The number of hydrogen-bond acceptors (Lipinski definition) is 0. The summed E-state index contributed by atoms with van der Waals surface area (Å²) in [5.41, 5.74) is 0. The molecule has 13 heavy (non-hydrogen) atoms. The molecule has 0 bridgehead atoms. The maximum atomic E-state index is 3.81. The van der Waals surface area contributed by atoms with E-state index in [2.05, 4.69) is 53.4 Å².